The van der Waals surface area contributed by atoms with Crippen molar-refractivity contribution in [2.75, 3.05) is 13.1 Å². The van der Waals surface area contributed by atoms with E-state index >= 15 is 0 Å². The van der Waals surface area contributed by atoms with E-state index in [0.29, 0.717) is 0 Å². The lowest BCUT2D eigenvalue weighted by Crippen LogP contribution is -2.31. The summed E-state index contributed by atoms with van der Waals surface area (Å²) in [5, 5.41) is 0. The van der Waals surface area contributed by atoms with Crippen molar-refractivity contribution in [1.82, 2.24) is 4.90 Å². The molecule has 0 N–H and O–H groups in total. The Hall–Kier alpha value is -0.790. The standard InChI is InChI=1S/C20H37NO/c1-3-5-17-21(18-6-4-2)20(22)16-12-8-11-15-19-13-9-7-10-14-19/h12,16,19H,3-11,13-15,17-18H2,1-2H3/b16-12+. The van der Waals surface area contributed by atoms with Crippen molar-refractivity contribution in [2.45, 2.75) is 90.9 Å². The van der Waals surface area contributed by atoms with E-state index in [9.17, 15) is 4.79 Å². The van der Waals surface area contributed by atoms with E-state index < -0.39 is 0 Å². The van der Waals surface area contributed by atoms with Gasteiger partial charge in [0.2, 0.25) is 5.91 Å². The molecule has 2 heteroatoms. The third kappa shape index (κ3) is 8.60. The van der Waals surface area contributed by atoms with Gasteiger partial charge in [0.25, 0.3) is 0 Å². The molecule has 0 aromatic heterocycles. The Balaban J connectivity index is 2.21. The zero-order chi connectivity index (χ0) is 16.0. The van der Waals surface area contributed by atoms with Crippen molar-refractivity contribution in [3.8, 4) is 0 Å². The van der Waals surface area contributed by atoms with Gasteiger partial charge in [-0.25, -0.2) is 0 Å². The summed E-state index contributed by atoms with van der Waals surface area (Å²) >= 11 is 0. The van der Waals surface area contributed by atoms with Crippen LogP contribution in [0, 0.1) is 5.92 Å². The number of amides is 1. The SMILES string of the molecule is CCCCN(CCCC)C(=O)/C=C/CCCC1CCCCC1. The molecule has 22 heavy (non-hydrogen) atoms. The van der Waals surface area contributed by atoms with Crippen LogP contribution in [0.15, 0.2) is 12.2 Å². The number of nitrogens with zero attached hydrogens (tertiary/aromatic N) is 1. The largest absolute Gasteiger partial charge is 0.339 e. The van der Waals surface area contributed by atoms with Gasteiger partial charge in [-0.15, -0.1) is 0 Å². The average molecular weight is 308 g/mol. The Labute approximate surface area is 138 Å². The fourth-order valence-electron chi connectivity index (χ4n) is 3.32. The van der Waals surface area contributed by atoms with Gasteiger partial charge in [-0.2, -0.15) is 0 Å². The molecule has 0 aromatic carbocycles. The second kappa shape index (κ2) is 12.7. The van der Waals surface area contributed by atoms with Gasteiger partial charge in [0.05, 0.1) is 0 Å². The summed E-state index contributed by atoms with van der Waals surface area (Å²) in [6.07, 6.45) is 19.3. The number of unbranched alkanes of at least 4 members (excludes halogenated alkanes) is 3. The minimum atomic E-state index is 0.222. The summed E-state index contributed by atoms with van der Waals surface area (Å²) in [6.45, 7) is 6.21. The molecular formula is C20H37NO. The van der Waals surface area contributed by atoms with Crippen LogP contribution >= 0.6 is 0 Å². The molecule has 0 atom stereocenters. The normalized spacial score (nSPS) is 16.3. The van der Waals surface area contributed by atoms with Crippen molar-refractivity contribution >= 4 is 5.91 Å². The summed E-state index contributed by atoms with van der Waals surface area (Å²) in [7, 11) is 0. The van der Waals surface area contributed by atoms with Gasteiger partial charge in [-0.3, -0.25) is 4.79 Å². The maximum Gasteiger partial charge on any atom is 0.246 e. The van der Waals surface area contributed by atoms with E-state index in [-0.39, 0.29) is 5.91 Å². The summed E-state index contributed by atoms with van der Waals surface area (Å²) in [5.74, 6) is 1.18. The van der Waals surface area contributed by atoms with E-state index in [4.69, 9.17) is 0 Å². The minimum Gasteiger partial charge on any atom is -0.339 e. The van der Waals surface area contributed by atoms with Gasteiger partial charge in [-0.05, 0) is 37.7 Å². The molecule has 0 unspecified atom stereocenters. The molecule has 1 aliphatic carbocycles. The number of carbonyl (C=O) groups excluding carboxylic acids is 1. The average Bonchev–Trinajstić information content (AvgIpc) is 2.55. The quantitative estimate of drug-likeness (QED) is 0.353. The highest BCUT2D eigenvalue weighted by atomic mass is 16.2. The molecule has 0 heterocycles. The molecule has 0 aliphatic heterocycles. The molecule has 2 nitrogen and oxygen atoms in total. The van der Waals surface area contributed by atoms with Crippen LogP contribution in [0.2, 0.25) is 0 Å². The summed E-state index contributed by atoms with van der Waals surface area (Å²) in [4.78, 5) is 14.3. The first-order valence-corrected chi connectivity index (χ1v) is 9.73. The van der Waals surface area contributed by atoms with Crippen LogP contribution in [0.1, 0.15) is 90.9 Å². The predicted molar refractivity (Wildman–Crippen MR) is 96.0 cm³/mol. The first-order chi connectivity index (χ1) is 10.8. The highest BCUT2D eigenvalue weighted by Gasteiger charge is 2.12. The maximum atomic E-state index is 12.3. The zero-order valence-electron chi connectivity index (χ0n) is 15.0. The maximum absolute atomic E-state index is 12.3. The number of allylic oxidation sites excluding steroid dienone is 1. The van der Waals surface area contributed by atoms with E-state index in [1.165, 1.54) is 44.9 Å². The van der Waals surface area contributed by atoms with Gasteiger partial charge in [-0.1, -0.05) is 71.3 Å². The topological polar surface area (TPSA) is 20.3 Å². The third-order valence-electron chi connectivity index (χ3n) is 4.84. The highest BCUT2D eigenvalue weighted by molar-refractivity contribution is 5.87. The van der Waals surface area contributed by atoms with Crippen molar-refractivity contribution in [2.24, 2.45) is 5.92 Å². The highest BCUT2D eigenvalue weighted by Crippen LogP contribution is 2.27. The summed E-state index contributed by atoms with van der Waals surface area (Å²) in [5.41, 5.74) is 0. The molecule has 1 saturated carbocycles. The molecular weight excluding hydrogens is 270 g/mol. The summed E-state index contributed by atoms with van der Waals surface area (Å²) in [6, 6.07) is 0. The molecule has 0 saturated heterocycles. The second-order valence-electron chi connectivity index (χ2n) is 6.87. The second-order valence-corrected chi connectivity index (χ2v) is 6.87. The fraction of sp³-hybridized carbons (Fsp3) is 0.850. The van der Waals surface area contributed by atoms with Crippen molar-refractivity contribution in [3.63, 3.8) is 0 Å². The molecule has 0 bridgehead atoms. The first kappa shape index (κ1) is 19.3. The molecule has 1 aliphatic rings. The Morgan fingerprint density at radius 1 is 1.00 bits per heavy atom. The van der Waals surface area contributed by atoms with Crippen LogP contribution in [-0.2, 0) is 4.79 Å². The Kier molecular flexibility index (Phi) is 11.1. The Bertz CT molecular complexity index is 297. The van der Waals surface area contributed by atoms with Gasteiger partial charge in [0.1, 0.15) is 0 Å². The van der Waals surface area contributed by atoms with Crippen LogP contribution < -0.4 is 0 Å². The molecule has 128 valence electrons. The van der Waals surface area contributed by atoms with Crippen molar-refractivity contribution in [3.05, 3.63) is 12.2 Å². The fourth-order valence-corrected chi connectivity index (χ4v) is 3.32. The van der Waals surface area contributed by atoms with Crippen molar-refractivity contribution in [1.29, 1.82) is 0 Å². The van der Waals surface area contributed by atoms with Crippen LogP contribution in [0.4, 0.5) is 0 Å². The lowest BCUT2D eigenvalue weighted by molar-refractivity contribution is -0.126. The Morgan fingerprint density at radius 2 is 1.64 bits per heavy atom. The molecule has 1 fully saturated rings. The van der Waals surface area contributed by atoms with Gasteiger partial charge in [0, 0.05) is 13.1 Å². The van der Waals surface area contributed by atoms with Gasteiger partial charge < -0.3 is 4.90 Å². The van der Waals surface area contributed by atoms with E-state index in [0.717, 1.165) is 51.1 Å². The molecule has 1 amide bonds. The van der Waals surface area contributed by atoms with Crippen LogP contribution in [0.25, 0.3) is 0 Å². The zero-order valence-corrected chi connectivity index (χ0v) is 15.0. The summed E-state index contributed by atoms with van der Waals surface area (Å²) < 4.78 is 0. The number of rotatable bonds is 11. The van der Waals surface area contributed by atoms with Gasteiger partial charge >= 0.3 is 0 Å². The predicted octanol–water partition coefficient (Wildman–Crippen LogP) is 5.72. The minimum absolute atomic E-state index is 0.222. The number of hydrogen-bond acceptors (Lipinski definition) is 1. The van der Waals surface area contributed by atoms with E-state index in [1.807, 2.05) is 11.0 Å². The monoisotopic (exact) mass is 307 g/mol. The van der Waals surface area contributed by atoms with Crippen LogP contribution in [0.5, 0.6) is 0 Å². The molecule has 0 radical (unpaired) electrons. The van der Waals surface area contributed by atoms with Gasteiger partial charge in [0.15, 0.2) is 0 Å². The van der Waals surface area contributed by atoms with E-state index in [2.05, 4.69) is 19.9 Å². The van der Waals surface area contributed by atoms with Crippen molar-refractivity contribution < 1.29 is 4.79 Å². The smallest absolute Gasteiger partial charge is 0.246 e. The molecule has 0 spiro atoms. The molecule has 0 aromatic rings. The lowest BCUT2D eigenvalue weighted by atomic mass is 9.86. The van der Waals surface area contributed by atoms with Crippen LogP contribution in [-0.4, -0.2) is 23.9 Å². The third-order valence-corrected chi connectivity index (χ3v) is 4.84. The molecule has 1 rings (SSSR count). The number of carbonyl (C=O) groups is 1. The number of hydrogen-bond donors (Lipinski definition) is 0. The van der Waals surface area contributed by atoms with Crippen LogP contribution in [0.3, 0.4) is 0 Å². The van der Waals surface area contributed by atoms with E-state index in [1.54, 1.807) is 0 Å². The first-order valence-electron chi connectivity index (χ1n) is 9.73. The Morgan fingerprint density at radius 3 is 2.23 bits per heavy atom. The lowest BCUT2D eigenvalue weighted by Gasteiger charge is -2.21.